The van der Waals surface area contributed by atoms with E-state index in [1.54, 1.807) is 6.07 Å². The van der Waals surface area contributed by atoms with Crippen LogP contribution in [0.1, 0.15) is 123 Å². The summed E-state index contributed by atoms with van der Waals surface area (Å²) < 4.78 is 6.65. The van der Waals surface area contributed by atoms with Crippen LogP contribution < -0.4 is 21.9 Å². The Kier molecular flexibility index (Phi) is 17.1. The normalized spacial score (nSPS) is 23.2. The molecule has 56 heavy (non-hydrogen) atoms. The number of hydrogen-bond donors (Lipinski definition) is 5. The number of amides is 1. The molecule has 6 atom stereocenters. The maximum atomic E-state index is 13.4. The van der Waals surface area contributed by atoms with Crippen molar-refractivity contribution in [2.24, 2.45) is 33.7 Å². The van der Waals surface area contributed by atoms with Crippen LogP contribution >= 0.6 is 0 Å². The lowest BCUT2D eigenvalue weighted by atomic mass is 9.46. The summed E-state index contributed by atoms with van der Waals surface area (Å²) in [5, 5.41) is 23.5. The zero-order valence-electron chi connectivity index (χ0n) is 35.9. The fourth-order valence-corrected chi connectivity index (χ4v) is 8.95. The van der Waals surface area contributed by atoms with Crippen molar-refractivity contribution in [1.29, 1.82) is 0 Å². The molecule has 3 aliphatic rings. The van der Waals surface area contributed by atoms with Crippen molar-refractivity contribution < 1.29 is 19.7 Å². The fourth-order valence-electron chi connectivity index (χ4n) is 8.95. The number of anilines is 1. The van der Waals surface area contributed by atoms with Gasteiger partial charge in [-0.3, -0.25) is 9.79 Å². The second-order valence-electron chi connectivity index (χ2n) is 17.1. The number of nitrogens with zero attached hydrogens (tertiary/aromatic N) is 2. The Bertz CT molecular complexity index is 1670. The minimum atomic E-state index is -0.936. The number of ether oxygens (including phenoxy) is 1. The number of phenolic OH excluding ortho intramolecular Hbond substituents is 1. The van der Waals surface area contributed by atoms with Crippen molar-refractivity contribution in [3.63, 3.8) is 0 Å². The Balaban J connectivity index is 0.000000326. The molecule has 9 nitrogen and oxygen atoms in total. The summed E-state index contributed by atoms with van der Waals surface area (Å²) in [6.45, 7) is 18.3. The molecule has 0 saturated heterocycles. The van der Waals surface area contributed by atoms with Crippen LogP contribution in [0, 0.1) is 17.3 Å². The number of nitrogen functional groups attached to an aromatic ring is 1. The number of guanidine groups is 1. The first kappa shape index (κ1) is 46.1. The molecule has 6 rings (SSSR count). The third kappa shape index (κ3) is 11.0. The number of hydrogen-bond acceptors (Lipinski definition) is 6. The summed E-state index contributed by atoms with van der Waals surface area (Å²) in [5.74, 6) is 1.34. The van der Waals surface area contributed by atoms with Crippen LogP contribution in [-0.4, -0.2) is 58.3 Å². The maximum absolute atomic E-state index is 13.4. The first-order valence-corrected chi connectivity index (χ1v) is 20.9. The number of aliphatic imine (C=N–C) groups is 1. The second-order valence-corrected chi connectivity index (χ2v) is 17.1. The van der Waals surface area contributed by atoms with E-state index in [2.05, 4.69) is 53.5 Å². The SMILES string of the molecule is CCCC12c3c4ccc(O)c3OC1C(N(C)C(=O)Cc1ccccc1)CCC2(O)C(C(C)CC)C4.CCCCC(C)(C)C.CCN=C(N)N.Nc1ccccc1. The number of aromatic hydroxyl groups is 1. The molecule has 0 spiro atoms. The topological polar surface area (TPSA) is 160 Å². The van der Waals surface area contributed by atoms with Crippen LogP contribution in [-0.2, 0) is 23.1 Å². The lowest BCUT2D eigenvalue weighted by Gasteiger charge is -2.61. The molecular formula is C47H73N5O4. The maximum Gasteiger partial charge on any atom is 0.227 e. The Morgan fingerprint density at radius 1 is 0.982 bits per heavy atom. The van der Waals surface area contributed by atoms with Gasteiger partial charge in [-0.2, -0.15) is 0 Å². The molecule has 2 aliphatic carbocycles. The third-order valence-electron chi connectivity index (χ3n) is 11.9. The summed E-state index contributed by atoms with van der Waals surface area (Å²) in [5.41, 5.74) is 18.2. The molecule has 1 saturated carbocycles. The predicted octanol–water partition coefficient (Wildman–Crippen LogP) is 8.78. The van der Waals surface area contributed by atoms with Crippen LogP contribution in [0.2, 0.25) is 0 Å². The van der Waals surface area contributed by atoms with Crippen molar-refractivity contribution in [3.8, 4) is 11.5 Å². The minimum absolute atomic E-state index is 0.0524. The molecule has 1 aliphatic heterocycles. The highest BCUT2D eigenvalue weighted by Crippen LogP contribution is 2.66. The Morgan fingerprint density at radius 3 is 2.07 bits per heavy atom. The largest absolute Gasteiger partial charge is 0.504 e. The van der Waals surface area contributed by atoms with Crippen LogP contribution in [0.5, 0.6) is 11.5 Å². The van der Waals surface area contributed by atoms with E-state index in [0.717, 1.165) is 42.5 Å². The highest BCUT2D eigenvalue weighted by molar-refractivity contribution is 5.79. The number of aliphatic hydroxyl groups is 1. The zero-order valence-corrected chi connectivity index (χ0v) is 35.9. The fraction of sp³-hybridized carbons (Fsp3) is 0.574. The van der Waals surface area contributed by atoms with Gasteiger partial charge >= 0.3 is 0 Å². The molecule has 0 aromatic heterocycles. The number of para-hydroxylation sites is 1. The summed E-state index contributed by atoms with van der Waals surface area (Å²) in [6, 6.07) is 22.9. The van der Waals surface area contributed by atoms with Gasteiger partial charge in [0.05, 0.1) is 23.5 Å². The van der Waals surface area contributed by atoms with Crippen molar-refractivity contribution >= 4 is 17.6 Å². The lowest BCUT2D eigenvalue weighted by molar-refractivity contribution is -0.181. The summed E-state index contributed by atoms with van der Waals surface area (Å²) >= 11 is 0. The van der Waals surface area contributed by atoms with E-state index in [9.17, 15) is 15.0 Å². The average Bonchev–Trinajstić information content (AvgIpc) is 3.52. The Labute approximate surface area is 338 Å². The molecule has 0 radical (unpaired) electrons. The van der Waals surface area contributed by atoms with Gasteiger partial charge in [-0.25, -0.2) is 0 Å². The molecule has 0 bridgehead atoms. The highest BCUT2D eigenvalue weighted by Gasteiger charge is 2.71. The summed E-state index contributed by atoms with van der Waals surface area (Å²) in [4.78, 5) is 18.9. The van der Waals surface area contributed by atoms with Crippen LogP contribution in [0.15, 0.2) is 77.8 Å². The number of phenols is 1. The van der Waals surface area contributed by atoms with Crippen molar-refractivity contribution in [2.75, 3.05) is 19.3 Å². The van der Waals surface area contributed by atoms with Crippen LogP contribution in [0.3, 0.4) is 0 Å². The van der Waals surface area contributed by atoms with Crippen molar-refractivity contribution in [1.82, 2.24) is 4.90 Å². The van der Waals surface area contributed by atoms with E-state index >= 15 is 0 Å². The molecule has 3 aromatic carbocycles. The summed E-state index contributed by atoms with van der Waals surface area (Å²) in [6.07, 6.45) is 8.78. The monoisotopic (exact) mass is 772 g/mol. The van der Waals surface area contributed by atoms with E-state index in [4.69, 9.17) is 21.9 Å². The number of carbonyl (C=O) groups excluding carboxylic acids is 1. The van der Waals surface area contributed by atoms with Gasteiger partial charge in [0.15, 0.2) is 17.5 Å². The van der Waals surface area contributed by atoms with E-state index < -0.39 is 11.0 Å². The predicted molar refractivity (Wildman–Crippen MR) is 233 cm³/mol. The van der Waals surface area contributed by atoms with Gasteiger partial charge in [0.25, 0.3) is 0 Å². The number of rotatable bonds is 10. The smallest absolute Gasteiger partial charge is 0.227 e. The molecule has 1 amide bonds. The number of carbonyl (C=O) groups is 1. The van der Waals surface area contributed by atoms with E-state index in [1.807, 2.05) is 85.6 Å². The van der Waals surface area contributed by atoms with Gasteiger partial charge in [0.2, 0.25) is 5.91 Å². The van der Waals surface area contributed by atoms with E-state index in [-0.39, 0.29) is 35.7 Å². The number of nitrogens with two attached hydrogens (primary N) is 3. The third-order valence-corrected chi connectivity index (χ3v) is 11.9. The van der Waals surface area contributed by atoms with E-state index in [1.165, 1.54) is 24.8 Å². The highest BCUT2D eigenvalue weighted by atomic mass is 16.5. The number of likely N-dealkylation sites (N-methyl/N-ethyl adjacent to an activating group) is 1. The first-order valence-electron chi connectivity index (χ1n) is 20.9. The van der Waals surface area contributed by atoms with Gasteiger partial charge < -0.3 is 37.1 Å². The first-order chi connectivity index (χ1) is 26.5. The minimum Gasteiger partial charge on any atom is -0.504 e. The van der Waals surface area contributed by atoms with Gasteiger partial charge in [-0.15, -0.1) is 0 Å². The average molecular weight is 772 g/mol. The second kappa shape index (κ2) is 20.8. The lowest BCUT2D eigenvalue weighted by Crippen LogP contribution is -2.71. The quantitative estimate of drug-likeness (QED) is 0.0783. The standard InChI is InChI=1S/C30H39NO4.C8H18.C6H7N.C3H9N3/c1-5-15-29-26-21-12-13-24(32)27(26)35-28(29)23(14-16-30(29,34)22(18-21)19(3)6-2)31(4)25(33)17-20-10-8-7-9-11-20;1-5-6-7-8(2,3)4;7-6-4-2-1-3-5-6;1-2-6-3(4)5/h7-13,19,22-23,28,32,34H,5-6,14-18H2,1-4H3;5-7H2,1-4H3;1-5H,7H2;2H2,1H3,(H4,4,5,6). The molecule has 310 valence electrons. The molecule has 3 aromatic rings. The zero-order chi connectivity index (χ0) is 41.7. The molecule has 6 unspecified atom stereocenters. The van der Waals surface area contributed by atoms with Gasteiger partial charge in [0, 0.05) is 24.8 Å². The van der Waals surface area contributed by atoms with Crippen molar-refractivity contribution in [2.45, 2.75) is 143 Å². The van der Waals surface area contributed by atoms with Gasteiger partial charge in [0.1, 0.15) is 6.10 Å². The Hall–Kier alpha value is -4.24. The Morgan fingerprint density at radius 2 is 1.61 bits per heavy atom. The van der Waals surface area contributed by atoms with Crippen LogP contribution in [0.4, 0.5) is 5.69 Å². The van der Waals surface area contributed by atoms with Gasteiger partial charge in [-0.1, -0.05) is 129 Å². The number of unbranched alkanes of at least 4 members (excludes halogenated alkanes) is 1. The van der Waals surface area contributed by atoms with Crippen LogP contribution in [0.25, 0.3) is 0 Å². The van der Waals surface area contributed by atoms with Gasteiger partial charge in [-0.05, 0) is 85.6 Å². The van der Waals surface area contributed by atoms with E-state index in [0.29, 0.717) is 42.9 Å². The molecule has 9 heteroatoms. The summed E-state index contributed by atoms with van der Waals surface area (Å²) in [7, 11) is 1.88. The number of benzene rings is 3. The molecular weight excluding hydrogens is 699 g/mol. The molecule has 8 N–H and O–H groups in total. The van der Waals surface area contributed by atoms with Crippen molar-refractivity contribution in [3.05, 3.63) is 89.5 Å². The molecule has 1 heterocycles. The molecule has 1 fully saturated rings.